The number of thioether (sulfide) groups is 1. The van der Waals surface area contributed by atoms with Crippen molar-refractivity contribution in [2.45, 2.75) is 70.2 Å². The number of nitrogens with one attached hydrogen (secondary N) is 1. The predicted octanol–water partition coefficient (Wildman–Crippen LogP) is 6.01. The molecule has 10 heteroatoms. The number of anilines is 1. The fourth-order valence-corrected chi connectivity index (χ4v) is 5.30. The lowest BCUT2D eigenvalue weighted by molar-refractivity contribution is -0.120. The highest BCUT2D eigenvalue weighted by Gasteiger charge is 2.34. The SMILES string of the molecule is CCC1=NC(c2cc3c(cc2F)SC[C@H](NC(=O)OC(C)(C)C)C(=O)N3Cc2ccc(Cl)cc2)=N[C@@H]1C. The molecule has 2 aromatic rings. The zero-order valence-electron chi connectivity index (χ0n) is 21.5. The summed E-state index contributed by atoms with van der Waals surface area (Å²) < 4.78 is 20.7. The molecule has 1 N–H and O–H groups in total. The molecular weight excluding hydrogens is 515 g/mol. The Morgan fingerprint density at radius 3 is 2.59 bits per heavy atom. The van der Waals surface area contributed by atoms with Crippen molar-refractivity contribution in [2.24, 2.45) is 9.98 Å². The molecule has 0 saturated carbocycles. The normalized spacial score (nSPS) is 19.6. The van der Waals surface area contributed by atoms with Crippen molar-refractivity contribution in [1.82, 2.24) is 5.32 Å². The molecule has 2 amide bonds. The smallest absolute Gasteiger partial charge is 0.408 e. The molecule has 0 fully saturated rings. The van der Waals surface area contributed by atoms with Crippen molar-refractivity contribution >= 4 is 52.6 Å². The van der Waals surface area contributed by atoms with Crippen LogP contribution >= 0.6 is 23.4 Å². The van der Waals surface area contributed by atoms with Crippen LogP contribution in [0.4, 0.5) is 14.9 Å². The van der Waals surface area contributed by atoms with Gasteiger partial charge >= 0.3 is 6.09 Å². The summed E-state index contributed by atoms with van der Waals surface area (Å²) in [5, 5.41) is 3.27. The van der Waals surface area contributed by atoms with E-state index in [4.69, 9.17) is 16.3 Å². The maximum Gasteiger partial charge on any atom is 0.408 e. The van der Waals surface area contributed by atoms with Crippen molar-refractivity contribution in [2.75, 3.05) is 10.7 Å². The Morgan fingerprint density at radius 1 is 1.27 bits per heavy atom. The molecule has 2 heterocycles. The largest absolute Gasteiger partial charge is 0.444 e. The number of hydrogen-bond acceptors (Lipinski definition) is 6. The van der Waals surface area contributed by atoms with Crippen LogP contribution < -0.4 is 10.2 Å². The fraction of sp³-hybridized carbons (Fsp3) is 0.407. The Labute approximate surface area is 225 Å². The van der Waals surface area contributed by atoms with E-state index in [1.165, 1.54) is 17.8 Å². The molecule has 196 valence electrons. The van der Waals surface area contributed by atoms with Gasteiger partial charge in [-0.2, -0.15) is 0 Å². The second-order valence-electron chi connectivity index (χ2n) is 9.95. The third kappa shape index (κ3) is 6.33. The van der Waals surface area contributed by atoms with Gasteiger partial charge in [0.2, 0.25) is 0 Å². The minimum absolute atomic E-state index is 0.123. The Kier molecular flexibility index (Phi) is 7.94. The Hall–Kier alpha value is -2.91. The van der Waals surface area contributed by atoms with Crippen molar-refractivity contribution in [1.29, 1.82) is 0 Å². The van der Waals surface area contributed by atoms with E-state index in [1.54, 1.807) is 43.9 Å². The molecule has 0 saturated heterocycles. The molecule has 2 atom stereocenters. The molecule has 0 bridgehead atoms. The van der Waals surface area contributed by atoms with E-state index in [-0.39, 0.29) is 29.8 Å². The first-order valence-electron chi connectivity index (χ1n) is 12.1. The number of aliphatic imine (C=N–C) groups is 2. The molecule has 4 rings (SSSR count). The van der Waals surface area contributed by atoms with Crippen molar-refractivity contribution in [3.05, 3.63) is 58.4 Å². The molecule has 0 spiro atoms. The van der Waals surface area contributed by atoms with E-state index in [2.05, 4.69) is 15.3 Å². The average molecular weight is 545 g/mol. The van der Waals surface area contributed by atoms with Crippen LogP contribution in [0.1, 0.15) is 52.2 Å². The number of alkyl carbamates (subject to hydrolysis) is 1. The van der Waals surface area contributed by atoms with Gasteiger partial charge in [-0.1, -0.05) is 30.7 Å². The third-order valence-electron chi connectivity index (χ3n) is 5.90. The van der Waals surface area contributed by atoms with Crippen LogP contribution in [-0.2, 0) is 16.1 Å². The topological polar surface area (TPSA) is 83.4 Å². The predicted molar refractivity (Wildman–Crippen MR) is 147 cm³/mol. The maximum absolute atomic E-state index is 15.3. The number of halogens is 2. The van der Waals surface area contributed by atoms with Gasteiger partial charge in [0.05, 0.1) is 23.8 Å². The van der Waals surface area contributed by atoms with E-state index in [0.29, 0.717) is 21.4 Å². The average Bonchev–Trinajstić information content (AvgIpc) is 3.15. The first-order chi connectivity index (χ1) is 17.4. The van der Waals surface area contributed by atoms with Crippen molar-refractivity contribution in [3.8, 4) is 0 Å². The van der Waals surface area contributed by atoms with Crippen LogP contribution in [0, 0.1) is 5.82 Å². The highest BCUT2D eigenvalue weighted by atomic mass is 35.5. The van der Waals surface area contributed by atoms with E-state index < -0.39 is 23.6 Å². The second-order valence-corrected chi connectivity index (χ2v) is 11.4. The lowest BCUT2D eigenvalue weighted by atomic mass is 10.1. The standard InChI is InChI=1S/C27H30ClFN4O3S/c1-6-20-15(2)30-24(31-20)18-11-22-23(12-19(18)29)37-14-21(32-26(35)36-27(3,4)5)25(34)33(22)13-16-7-9-17(28)10-8-16/h7-12,15,21H,6,13-14H2,1-5H3,(H,32,35)/t15-,21+/m1/s1. The van der Waals surface area contributed by atoms with Crippen LogP contribution in [0.2, 0.25) is 5.02 Å². The van der Waals surface area contributed by atoms with Gasteiger partial charge in [0.25, 0.3) is 5.91 Å². The maximum atomic E-state index is 15.3. The number of rotatable bonds is 5. The minimum atomic E-state index is -0.875. The minimum Gasteiger partial charge on any atom is -0.444 e. The van der Waals surface area contributed by atoms with Gasteiger partial charge in [0, 0.05) is 21.4 Å². The number of benzene rings is 2. The van der Waals surface area contributed by atoms with Crippen LogP contribution in [0.5, 0.6) is 0 Å². The number of carbonyl (C=O) groups is 2. The molecule has 2 aliphatic rings. The van der Waals surface area contributed by atoms with Gasteiger partial charge in [-0.25, -0.2) is 14.2 Å². The van der Waals surface area contributed by atoms with Gasteiger partial charge in [-0.05, 0) is 63.9 Å². The monoisotopic (exact) mass is 544 g/mol. The van der Waals surface area contributed by atoms with Crippen LogP contribution in [0.15, 0.2) is 51.3 Å². The Balaban J connectivity index is 1.74. The van der Waals surface area contributed by atoms with E-state index in [1.807, 2.05) is 26.0 Å². The number of amides is 2. The first-order valence-corrected chi connectivity index (χ1v) is 13.5. The number of nitrogens with zero attached hydrogens (tertiary/aromatic N) is 3. The number of hydrogen-bond donors (Lipinski definition) is 1. The Bertz CT molecular complexity index is 1270. The number of amidine groups is 1. The van der Waals surface area contributed by atoms with Crippen LogP contribution in [-0.4, -0.2) is 47.0 Å². The highest BCUT2D eigenvalue weighted by Crippen LogP contribution is 2.38. The number of fused-ring (bicyclic) bond motifs is 1. The molecule has 7 nitrogen and oxygen atoms in total. The van der Waals surface area contributed by atoms with Crippen molar-refractivity contribution in [3.63, 3.8) is 0 Å². The number of ether oxygens (including phenoxy) is 1. The summed E-state index contributed by atoms with van der Waals surface area (Å²) in [7, 11) is 0. The molecule has 2 aliphatic heterocycles. The lowest BCUT2D eigenvalue weighted by Gasteiger charge is -2.27. The summed E-state index contributed by atoms with van der Waals surface area (Å²) in [5.74, 6) is -0.252. The summed E-state index contributed by atoms with van der Waals surface area (Å²) in [4.78, 5) is 37.6. The number of carbonyl (C=O) groups excluding carboxylic acids is 2. The van der Waals surface area contributed by atoms with Gasteiger partial charge in [0.1, 0.15) is 17.5 Å². The zero-order valence-corrected chi connectivity index (χ0v) is 23.0. The van der Waals surface area contributed by atoms with Gasteiger partial charge in [-0.3, -0.25) is 9.79 Å². The highest BCUT2D eigenvalue weighted by molar-refractivity contribution is 7.99. The van der Waals surface area contributed by atoms with Gasteiger partial charge in [-0.15, -0.1) is 11.8 Å². The molecule has 37 heavy (non-hydrogen) atoms. The third-order valence-corrected chi connectivity index (χ3v) is 7.29. The van der Waals surface area contributed by atoms with Gasteiger partial charge in [0.15, 0.2) is 5.84 Å². The van der Waals surface area contributed by atoms with Gasteiger partial charge < -0.3 is 15.0 Å². The molecule has 0 aromatic heterocycles. The molecule has 0 aliphatic carbocycles. The summed E-state index contributed by atoms with van der Waals surface area (Å²) in [5.41, 5.74) is 1.77. The first kappa shape index (κ1) is 27.1. The summed E-state index contributed by atoms with van der Waals surface area (Å²) >= 11 is 7.36. The quantitative estimate of drug-likeness (QED) is 0.499. The second kappa shape index (κ2) is 10.8. The molecule has 0 radical (unpaired) electrons. The van der Waals surface area contributed by atoms with Crippen LogP contribution in [0.25, 0.3) is 0 Å². The summed E-state index contributed by atoms with van der Waals surface area (Å²) in [6.07, 6.45) is 0.0296. The van der Waals surface area contributed by atoms with E-state index in [9.17, 15) is 9.59 Å². The lowest BCUT2D eigenvalue weighted by Crippen LogP contribution is -2.50. The molecule has 0 unspecified atom stereocenters. The van der Waals surface area contributed by atoms with E-state index >= 15 is 4.39 Å². The van der Waals surface area contributed by atoms with E-state index in [0.717, 1.165) is 17.7 Å². The zero-order chi connectivity index (χ0) is 26.9. The fourth-order valence-electron chi connectivity index (χ4n) is 4.10. The van der Waals surface area contributed by atoms with Crippen LogP contribution in [0.3, 0.4) is 0 Å². The molecular formula is C27H30ClFN4O3S. The van der Waals surface area contributed by atoms with Crippen molar-refractivity contribution < 1.29 is 18.7 Å². The molecule has 2 aromatic carbocycles. The summed E-state index contributed by atoms with van der Waals surface area (Å²) in [6, 6.07) is 9.20. The summed E-state index contributed by atoms with van der Waals surface area (Å²) in [6.45, 7) is 9.37. The Morgan fingerprint density at radius 2 is 1.97 bits per heavy atom.